The fraction of sp³-hybridized carbons (Fsp3) is 0.200. The lowest BCUT2D eigenvalue weighted by Crippen LogP contribution is -2.01. The number of methoxy groups -OCH3 is 1. The number of anilines is 1. The Morgan fingerprint density at radius 1 is 1.30 bits per heavy atom. The molecule has 0 amide bonds. The zero-order chi connectivity index (χ0) is 14.5. The van der Waals surface area contributed by atoms with E-state index in [1.165, 1.54) is 30.0 Å². The second-order valence-electron chi connectivity index (χ2n) is 4.29. The minimum atomic E-state index is -0.669. The molecule has 0 aliphatic heterocycles. The molecule has 3 nitrogen and oxygen atoms in total. The summed E-state index contributed by atoms with van der Waals surface area (Å²) in [7, 11) is 1.58. The summed E-state index contributed by atoms with van der Waals surface area (Å²) in [5.74, 6) is 0.746. The number of hydrogen-bond acceptors (Lipinski definition) is 4. The van der Waals surface area contributed by atoms with Gasteiger partial charge in [-0.25, -0.2) is 4.39 Å². The number of aliphatic hydroxyl groups is 1. The first kappa shape index (κ1) is 14.7. The number of thioether (sulfide) groups is 1. The Bertz CT molecular complexity index is 592. The highest BCUT2D eigenvalue weighted by Crippen LogP contribution is 2.30. The lowest BCUT2D eigenvalue weighted by Gasteiger charge is -2.12. The number of aliphatic hydroxyl groups excluding tert-OH is 1. The Balaban J connectivity index is 2.04. The summed E-state index contributed by atoms with van der Waals surface area (Å²) >= 11 is 1.32. The molecule has 0 aromatic heterocycles. The van der Waals surface area contributed by atoms with Crippen molar-refractivity contribution < 1.29 is 14.2 Å². The number of nitrogens with two attached hydrogens (primary N) is 1. The van der Waals surface area contributed by atoms with Gasteiger partial charge in [0, 0.05) is 16.3 Å². The molecule has 5 heteroatoms. The average Bonchev–Trinajstić information content (AvgIpc) is 2.48. The number of benzene rings is 2. The van der Waals surface area contributed by atoms with Gasteiger partial charge in [-0.2, -0.15) is 0 Å². The Kier molecular flexibility index (Phi) is 4.87. The smallest absolute Gasteiger partial charge is 0.124 e. The fourth-order valence-electron chi connectivity index (χ4n) is 1.75. The molecule has 0 aliphatic rings. The van der Waals surface area contributed by atoms with E-state index < -0.39 is 6.10 Å². The molecular formula is C15H16FNO2S. The molecule has 1 atom stereocenters. The van der Waals surface area contributed by atoms with Gasteiger partial charge in [0.25, 0.3) is 0 Å². The highest BCUT2D eigenvalue weighted by molar-refractivity contribution is 7.99. The van der Waals surface area contributed by atoms with Gasteiger partial charge < -0.3 is 15.6 Å². The van der Waals surface area contributed by atoms with Crippen molar-refractivity contribution in [3.63, 3.8) is 0 Å². The Morgan fingerprint density at radius 2 is 2.10 bits per heavy atom. The molecule has 0 radical (unpaired) electrons. The van der Waals surface area contributed by atoms with E-state index in [0.717, 1.165) is 5.56 Å². The van der Waals surface area contributed by atoms with E-state index in [-0.39, 0.29) is 5.82 Å². The summed E-state index contributed by atoms with van der Waals surface area (Å²) in [6.07, 6.45) is -0.669. The largest absolute Gasteiger partial charge is 0.497 e. The summed E-state index contributed by atoms with van der Waals surface area (Å²) in [5, 5.41) is 10.2. The molecule has 0 aliphatic carbocycles. The normalized spacial score (nSPS) is 12.2. The third-order valence-electron chi connectivity index (χ3n) is 2.85. The van der Waals surface area contributed by atoms with Gasteiger partial charge in [0.15, 0.2) is 0 Å². The van der Waals surface area contributed by atoms with E-state index in [1.54, 1.807) is 13.2 Å². The predicted octanol–water partition coefficient (Wildman–Crippen LogP) is 3.24. The summed E-state index contributed by atoms with van der Waals surface area (Å²) in [5.41, 5.74) is 7.04. The van der Waals surface area contributed by atoms with Gasteiger partial charge >= 0.3 is 0 Å². The molecule has 106 valence electrons. The van der Waals surface area contributed by atoms with Crippen molar-refractivity contribution in [2.24, 2.45) is 0 Å². The van der Waals surface area contributed by atoms with E-state index in [9.17, 15) is 9.50 Å². The molecule has 1 unspecified atom stereocenters. The van der Waals surface area contributed by atoms with Crippen molar-refractivity contribution in [3.8, 4) is 5.75 Å². The summed E-state index contributed by atoms with van der Waals surface area (Å²) in [4.78, 5) is 0.631. The number of halogens is 1. The van der Waals surface area contributed by atoms with Gasteiger partial charge in [0.1, 0.15) is 11.6 Å². The van der Waals surface area contributed by atoms with Crippen LogP contribution in [0.15, 0.2) is 47.4 Å². The first-order valence-corrected chi connectivity index (χ1v) is 7.08. The van der Waals surface area contributed by atoms with Gasteiger partial charge in [0.05, 0.1) is 13.2 Å². The highest BCUT2D eigenvalue weighted by atomic mass is 32.2. The SMILES string of the molecule is COc1cccc(C(O)CSc2cc(F)ccc2N)c1. The van der Waals surface area contributed by atoms with E-state index in [0.29, 0.717) is 22.1 Å². The van der Waals surface area contributed by atoms with Crippen LogP contribution in [0, 0.1) is 5.82 Å². The molecule has 0 saturated carbocycles. The van der Waals surface area contributed by atoms with Crippen molar-refractivity contribution in [1.29, 1.82) is 0 Å². The molecule has 2 aromatic rings. The van der Waals surface area contributed by atoms with Gasteiger partial charge in [-0.3, -0.25) is 0 Å². The van der Waals surface area contributed by atoms with E-state index in [1.807, 2.05) is 18.2 Å². The molecular weight excluding hydrogens is 277 g/mol. The molecule has 2 rings (SSSR count). The third kappa shape index (κ3) is 3.65. The van der Waals surface area contributed by atoms with Crippen LogP contribution in [0.4, 0.5) is 10.1 Å². The van der Waals surface area contributed by atoms with Crippen LogP contribution < -0.4 is 10.5 Å². The van der Waals surface area contributed by atoms with E-state index in [4.69, 9.17) is 10.5 Å². The minimum Gasteiger partial charge on any atom is -0.497 e. The Hall–Kier alpha value is -1.72. The minimum absolute atomic E-state index is 0.336. The van der Waals surface area contributed by atoms with E-state index >= 15 is 0 Å². The molecule has 0 heterocycles. The summed E-state index contributed by atoms with van der Waals surface area (Å²) in [6.45, 7) is 0. The van der Waals surface area contributed by atoms with Crippen LogP contribution in [0.25, 0.3) is 0 Å². The van der Waals surface area contributed by atoms with Crippen LogP contribution in [0.5, 0.6) is 5.75 Å². The molecule has 0 fully saturated rings. The standard InChI is InChI=1S/C15H16FNO2S/c1-19-12-4-2-3-10(7-12)14(18)9-20-15-8-11(16)5-6-13(15)17/h2-8,14,18H,9,17H2,1H3. The summed E-state index contributed by atoms with van der Waals surface area (Å²) in [6, 6.07) is 11.4. The van der Waals surface area contributed by atoms with E-state index in [2.05, 4.69) is 0 Å². The summed E-state index contributed by atoms with van der Waals surface area (Å²) < 4.78 is 18.3. The first-order valence-electron chi connectivity index (χ1n) is 6.10. The van der Waals surface area contributed by atoms with Crippen molar-refractivity contribution in [2.45, 2.75) is 11.0 Å². The van der Waals surface area contributed by atoms with Gasteiger partial charge in [-0.1, -0.05) is 12.1 Å². The zero-order valence-corrected chi connectivity index (χ0v) is 11.9. The van der Waals surface area contributed by atoms with Crippen LogP contribution in [-0.2, 0) is 0 Å². The zero-order valence-electron chi connectivity index (χ0n) is 11.0. The molecule has 2 aromatic carbocycles. The Labute approximate surface area is 121 Å². The van der Waals surface area contributed by atoms with Crippen LogP contribution in [0.3, 0.4) is 0 Å². The van der Waals surface area contributed by atoms with Gasteiger partial charge in [-0.05, 0) is 35.9 Å². The topological polar surface area (TPSA) is 55.5 Å². The quantitative estimate of drug-likeness (QED) is 0.656. The van der Waals surface area contributed by atoms with Crippen LogP contribution in [0.1, 0.15) is 11.7 Å². The van der Waals surface area contributed by atoms with Gasteiger partial charge in [0.2, 0.25) is 0 Å². The second-order valence-corrected chi connectivity index (χ2v) is 5.35. The van der Waals surface area contributed by atoms with Crippen molar-refractivity contribution in [1.82, 2.24) is 0 Å². The van der Waals surface area contributed by atoms with Crippen molar-refractivity contribution in [3.05, 3.63) is 53.8 Å². The van der Waals surface area contributed by atoms with Crippen molar-refractivity contribution in [2.75, 3.05) is 18.6 Å². The average molecular weight is 293 g/mol. The molecule has 0 bridgehead atoms. The lowest BCUT2D eigenvalue weighted by atomic mass is 10.1. The lowest BCUT2D eigenvalue weighted by molar-refractivity contribution is 0.203. The maximum atomic E-state index is 13.1. The number of hydrogen-bond donors (Lipinski definition) is 2. The second kappa shape index (κ2) is 6.63. The molecule has 3 N–H and O–H groups in total. The predicted molar refractivity (Wildman–Crippen MR) is 79.5 cm³/mol. The van der Waals surface area contributed by atoms with Gasteiger partial charge in [-0.15, -0.1) is 11.8 Å². The fourth-order valence-corrected chi connectivity index (χ4v) is 2.71. The third-order valence-corrected chi connectivity index (χ3v) is 4.00. The maximum Gasteiger partial charge on any atom is 0.124 e. The monoisotopic (exact) mass is 293 g/mol. The molecule has 0 saturated heterocycles. The number of nitrogen functional groups attached to an aromatic ring is 1. The highest BCUT2D eigenvalue weighted by Gasteiger charge is 2.11. The van der Waals surface area contributed by atoms with Crippen molar-refractivity contribution >= 4 is 17.4 Å². The molecule has 20 heavy (non-hydrogen) atoms. The number of ether oxygens (including phenoxy) is 1. The van der Waals surface area contributed by atoms with Crippen LogP contribution in [0.2, 0.25) is 0 Å². The maximum absolute atomic E-state index is 13.1. The molecule has 0 spiro atoms. The Morgan fingerprint density at radius 3 is 2.85 bits per heavy atom. The first-order chi connectivity index (χ1) is 9.60. The van der Waals surface area contributed by atoms with Crippen LogP contribution in [-0.4, -0.2) is 18.0 Å². The number of rotatable bonds is 5. The van der Waals surface area contributed by atoms with Crippen LogP contribution >= 0.6 is 11.8 Å².